The van der Waals surface area contributed by atoms with Gasteiger partial charge in [0.05, 0.1) is 13.7 Å². The van der Waals surface area contributed by atoms with Gasteiger partial charge >= 0.3 is 12.1 Å². The average molecular weight is 332 g/mol. The lowest BCUT2D eigenvalue weighted by atomic mass is 10.2. The highest BCUT2D eigenvalue weighted by Crippen LogP contribution is 2.01. The zero-order chi connectivity index (χ0) is 17.8. The van der Waals surface area contributed by atoms with Crippen LogP contribution in [-0.4, -0.2) is 45.4 Å². The topological polar surface area (TPSA) is 76.7 Å². The molecule has 0 aromatic rings. The van der Waals surface area contributed by atoms with Crippen LogP contribution >= 0.6 is 0 Å². The fourth-order valence-electron chi connectivity index (χ4n) is 1.87. The highest BCUT2D eigenvalue weighted by Gasteiger charge is 2.00. The summed E-state index contributed by atoms with van der Waals surface area (Å²) in [6, 6.07) is 0. The Morgan fingerprint density at radius 2 is 1.43 bits per heavy atom. The molecule has 23 heavy (non-hydrogen) atoms. The zero-order valence-corrected chi connectivity index (χ0v) is 15.4. The van der Waals surface area contributed by atoms with E-state index in [9.17, 15) is 9.59 Å². The van der Waals surface area contributed by atoms with Crippen molar-refractivity contribution < 1.29 is 19.1 Å². The molecule has 0 spiro atoms. The Hall–Kier alpha value is -1.30. The molecule has 0 atom stereocenters. The van der Waals surface area contributed by atoms with Crippen molar-refractivity contribution in [2.24, 2.45) is 0 Å². The second-order valence-electron chi connectivity index (χ2n) is 4.84. The molecule has 0 saturated carbocycles. The predicted molar refractivity (Wildman–Crippen MR) is 93.6 cm³/mol. The maximum Gasteiger partial charge on any atom is 0.406 e. The first kappa shape index (κ1) is 24.0. The first-order valence-corrected chi connectivity index (χ1v) is 8.88. The van der Waals surface area contributed by atoms with Gasteiger partial charge in [-0.15, -0.1) is 0 Å². The number of alkyl carbamates (subject to hydrolysis) is 1. The molecule has 0 heterocycles. The molecule has 6 heteroatoms. The molecule has 0 aliphatic heterocycles. The molecule has 0 aromatic heterocycles. The molecular weight excluding hydrogens is 296 g/mol. The molecule has 0 radical (unpaired) electrons. The molecule has 0 fully saturated rings. The first-order chi connectivity index (χ1) is 11.2. The van der Waals surface area contributed by atoms with Gasteiger partial charge in [-0.25, -0.2) is 4.79 Å². The maximum absolute atomic E-state index is 11.1. The predicted octanol–water partition coefficient (Wildman–Crippen LogP) is 3.25. The number of hydrogen-bond donors (Lipinski definition) is 2. The van der Waals surface area contributed by atoms with Crippen molar-refractivity contribution >= 4 is 12.1 Å². The van der Waals surface area contributed by atoms with E-state index in [1.807, 2.05) is 20.8 Å². The van der Waals surface area contributed by atoms with Crippen molar-refractivity contribution in [3.05, 3.63) is 0 Å². The minimum absolute atomic E-state index is 0.0916. The molecule has 138 valence electrons. The lowest BCUT2D eigenvalue weighted by Crippen LogP contribution is -2.24. The monoisotopic (exact) mass is 332 g/mol. The standard InChI is InChI=1S/C15H30N2O4.C2H6/c1-3-21-14(18)10-6-4-7-11-16-12-8-5-9-13-17-15(19)20-2;1-2/h16H,3-13H2,1-2H3,(H,17,19);1-2H3. The van der Waals surface area contributed by atoms with Crippen LogP contribution in [0.1, 0.15) is 65.7 Å². The van der Waals surface area contributed by atoms with Crippen molar-refractivity contribution in [2.45, 2.75) is 65.7 Å². The molecular formula is C17H36N2O4. The summed E-state index contributed by atoms with van der Waals surface area (Å²) in [5.74, 6) is -0.0916. The van der Waals surface area contributed by atoms with E-state index in [-0.39, 0.29) is 12.1 Å². The van der Waals surface area contributed by atoms with E-state index in [1.54, 1.807) is 0 Å². The van der Waals surface area contributed by atoms with Gasteiger partial charge in [0.2, 0.25) is 0 Å². The quantitative estimate of drug-likeness (QED) is 0.400. The first-order valence-electron chi connectivity index (χ1n) is 8.88. The van der Waals surface area contributed by atoms with E-state index in [4.69, 9.17) is 4.74 Å². The van der Waals surface area contributed by atoms with Crippen molar-refractivity contribution in [1.29, 1.82) is 0 Å². The summed E-state index contributed by atoms with van der Waals surface area (Å²) in [5, 5.41) is 6.04. The van der Waals surface area contributed by atoms with E-state index in [0.29, 0.717) is 19.6 Å². The fraction of sp³-hybridized carbons (Fsp3) is 0.882. The van der Waals surface area contributed by atoms with Gasteiger partial charge in [0.15, 0.2) is 0 Å². The second-order valence-corrected chi connectivity index (χ2v) is 4.84. The number of amides is 1. The molecule has 0 unspecified atom stereocenters. The average Bonchev–Trinajstić information content (AvgIpc) is 2.57. The van der Waals surface area contributed by atoms with E-state index in [2.05, 4.69) is 15.4 Å². The third-order valence-electron chi connectivity index (χ3n) is 3.02. The molecule has 0 aliphatic rings. The minimum Gasteiger partial charge on any atom is -0.466 e. The minimum atomic E-state index is -0.365. The van der Waals surface area contributed by atoms with E-state index >= 15 is 0 Å². The largest absolute Gasteiger partial charge is 0.466 e. The molecule has 0 saturated heterocycles. The van der Waals surface area contributed by atoms with Crippen LogP contribution in [0, 0.1) is 0 Å². The maximum atomic E-state index is 11.1. The van der Waals surface area contributed by atoms with Gasteiger partial charge in [-0.05, 0) is 45.7 Å². The van der Waals surface area contributed by atoms with Crippen LogP contribution in [0.15, 0.2) is 0 Å². The van der Waals surface area contributed by atoms with Gasteiger partial charge in [0.25, 0.3) is 0 Å². The smallest absolute Gasteiger partial charge is 0.406 e. The summed E-state index contributed by atoms with van der Waals surface area (Å²) in [6.45, 7) is 8.95. The summed E-state index contributed by atoms with van der Waals surface area (Å²) in [7, 11) is 1.37. The third kappa shape index (κ3) is 20.7. The normalized spacial score (nSPS) is 9.57. The highest BCUT2D eigenvalue weighted by molar-refractivity contribution is 5.69. The van der Waals surface area contributed by atoms with Gasteiger partial charge in [-0.1, -0.05) is 26.7 Å². The Morgan fingerprint density at radius 3 is 2.00 bits per heavy atom. The van der Waals surface area contributed by atoms with Gasteiger partial charge < -0.3 is 20.1 Å². The molecule has 0 bridgehead atoms. The van der Waals surface area contributed by atoms with Crippen molar-refractivity contribution in [1.82, 2.24) is 10.6 Å². The Bertz CT molecular complexity index is 273. The van der Waals surface area contributed by atoms with Crippen LogP contribution < -0.4 is 10.6 Å². The van der Waals surface area contributed by atoms with Crippen LogP contribution in [0.4, 0.5) is 4.79 Å². The number of carbonyl (C=O) groups excluding carboxylic acids is 2. The number of nitrogens with one attached hydrogen (secondary N) is 2. The van der Waals surface area contributed by atoms with Crippen LogP contribution in [0.3, 0.4) is 0 Å². The van der Waals surface area contributed by atoms with Gasteiger partial charge in [-0.2, -0.15) is 0 Å². The second kappa shape index (κ2) is 20.7. The van der Waals surface area contributed by atoms with E-state index in [0.717, 1.165) is 51.6 Å². The number of ether oxygens (including phenoxy) is 2. The third-order valence-corrected chi connectivity index (χ3v) is 3.02. The number of rotatable bonds is 13. The van der Waals surface area contributed by atoms with Crippen molar-refractivity contribution in [2.75, 3.05) is 33.4 Å². The molecule has 6 nitrogen and oxygen atoms in total. The molecule has 0 rings (SSSR count). The summed E-state index contributed by atoms with van der Waals surface area (Å²) in [6.07, 6.45) is 6.36. The Balaban J connectivity index is 0. The number of unbranched alkanes of at least 4 members (excludes halogenated alkanes) is 4. The summed E-state index contributed by atoms with van der Waals surface area (Å²) < 4.78 is 9.35. The lowest BCUT2D eigenvalue weighted by Gasteiger charge is -2.06. The number of hydrogen-bond acceptors (Lipinski definition) is 5. The molecule has 0 aliphatic carbocycles. The number of carbonyl (C=O) groups is 2. The van der Waals surface area contributed by atoms with Crippen LogP contribution in [0.5, 0.6) is 0 Å². The Labute approximate surface area is 141 Å². The zero-order valence-electron chi connectivity index (χ0n) is 15.4. The number of methoxy groups -OCH3 is 1. The molecule has 2 N–H and O–H groups in total. The SMILES string of the molecule is CC.CCOC(=O)CCCCCNCCCCCNC(=O)OC. The van der Waals surface area contributed by atoms with Gasteiger partial charge in [0.1, 0.15) is 0 Å². The van der Waals surface area contributed by atoms with Crippen LogP contribution in [0.25, 0.3) is 0 Å². The molecule has 1 amide bonds. The summed E-state index contributed by atoms with van der Waals surface area (Å²) in [4.78, 5) is 21.9. The Kier molecular flexibility index (Phi) is 21.6. The van der Waals surface area contributed by atoms with Crippen molar-refractivity contribution in [3.8, 4) is 0 Å². The van der Waals surface area contributed by atoms with Crippen LogP contribution in [-0.2, 0) is 14.3 Å². The fourth-order valence-corrected chi connectivity index (χ4v) is 1.87. The van der Waals surface area contributed by atoms with Gasteiger partial charge in [0, 0.05) is 13.0 Å². The van der Waals surface area contributed by atoms with Crippen LogP contribution in [0.2, 0.25) is 0 Å². The Morgan fingerprint density at radius 1 is 0.870 bits per heavy atom. The van der Waals surface area contributed by atoms with Crippen molar-refractivity contribution in [3.63, 3.8) is 0 Å². The highest BCUT2D eigenvalue weighted by atomic mass is 16.5. The lowest BCUT2D eigenvalue weighted by molar-refractivity contribution is -0.143. The number of esters is 1. The summed E-state index contributed by atoms with van der Waals surface area (Å²) >= 11 is 0. The van der Waals surface area contributed by atoms with E-state index < -0.39 is 0 Å². The molecule has 0 aromatic carbocycles. The van der Waals surface area contributed by atoms with Gasteiger partial charge in [-0.3, -0.25) is 4.79 Å². The van der Waals surface area contributed by atoms with E-state index in [1.165, 1.54) is 7.11 Å². The summed E-state index contributed by atoms with van der Waals surface area (Å²) in [5.41, 5.74) is 0.